The number of nitrogens with zero attached hydrogens (tertiary/aromatic N) is 2. The zero-order valence-corrected chi connectivity index (χ0v) is 15.5. The minimum atomic E-state index is 1.03. The van der Waals surface area contributed by atoms with Gasteiger partial charge in [-0.25, -0.2) is 0 Å². The van der Waals surface area contributed by atoms with E-state index < -0.39 is 0 Å². The number of aromatic nitrogens is 1. The van der Waals surface area contributed by atoms with Gasteiger partial charge in [0.2, 0.25) is 0 Å². The van der Waals surface area contributed by atoms with Gasteiger partial charge in [0.05, 0.1) is 5.69 Å². The Morgan fingerprint density at radius 1 is 0.885 bits per heavy atom. The van der Waals surface area contributed by atoms with Crippen molar-refractivity contribution in [3.05, 3.63) is 71.5 Å². The third kappa shape index (κ3) is 3.65. The maximum absolute atomic E-state index is 4.64. The van der Waals surface area contributed by atoms with Gasteiger partial charge in [0.15, 0.2) is 0 Å². The lowest BCUT2D eigenvalue weighted by molar-refractivity contribution is 0.726. The van der Waals surface area contributed by atoms with Crippen LogP contribution >= 0.6 is 0 Å². The van der Waals surface area contributed by atoms with Crippen molar-refractivity contribution in [3.8, 4) is 0 Å². The van der Waals surface area contributed by atoms with E-state index in [0.29, 0.717) is 0 Å². The first-order chi connectivity index (χ1) is 12.8. The van der Waals surface area contributed by atoms with E-state index in [4.69, 9.17) is 0 Å². The van der Waals surface area contributed by atoms with E-state index in [2.05, 4.69) is 77.5 Å². The molecule has 4 rings (SSSR count). The fraction of sp³-hybridized carbons (Fsp3) is 0.292. The van der Waals surface area contributed by atoms with Gasteiger partial charge in [0.1, 0.15) is 0 Å². The monoisotopic (exact) mass is 342 g/mol. The second-order valence-electron chi connectivity index (χ2n) is 7.20. The summed E-state index contributed by atoms with van der Waals surface area (Å²) in [5, 5.41) is 2.56. The predicted molar refractivity (Wildman–Crippen MR) is 113 cm³/mol. The van der Waals surface area contributed by atoms with Gasteiger partial charge >= 0.3 is 0 Å². The molecule has 0 N–H and O–H groups in total. The lowest BCUT2D eigenvalue weighted by Crippen LogP contribution is -2.24. The van der Waals surface area contributed by atoms with Gasteiger partial charge in [0, 0.05) is 25.0 Å². The second-order valence-corrected chi connectivity index (χ2v) is 7.20. The maximum Gasteiger partial charge on any atom is 0.0650 e. The van der Waals surface area contributed by atoms with E-state index >= 15 is 0 Å². The van der Waals surface area contributed by atoms with Crippen molar-refractivity contribution in [2.24, 2.45) is 0 Å². The first kappa shape index (κ1) is 16.8. The van der Waals surface area contributed by atoms with Gasteiger partial charge in [-0.2, -0.15) is 0 Å². The van der Waals surface area contributed by atoms with Gasteiger partial charge < -0.3 is 4.90 Å². The normalized spacial score (nSPS) is 15.5. The summed E-state index contributed by atoms with van der Waals surface area (Å²) in [5.41, 5.74) is 4.89. The summed E-state index contributed by atoms with van der Waals surface area (Å²) in [7, 11) is 0. The number of hydrogen-bond acceptors (Lipinski definition) is 2. The van der Waals surface area contributed by atoms with Gasteiger partial charge in [-0.1, -0.05) is 61.4 Å². The number of rotatable bonds is 3. The Kier molecular flexibility index (Phi) is 5.01. The van der Waals surface area contributed by atoms with E-state index in [-0.39, 0.29) is 0 Å². The first-order valence-corrected chi connectivity index (χ1v) is 9.69. The van der Waals surface area contributed by atoms with Crippen LogP contribution in [-0.4, -0.2) is 18.1 Å². The number of anilines is 1. The Morgan fingerprint density at radius 2 is 1.65 bits per heavy atom. The molecule has 2 aromatic carbocycles. The van der Waals surface area contributed by atoms with E-state index in [1.807, 2.05) is 6.20 Å². The Balaban J connectivity index is 1.63. The van der Waals surface area contributed by atoms with Crippen molar-refractivity contribution in [1.29, 1.82) is 0 Å². The van der Waals surface area contributed by atoms with Crippen LogP contribution in [0.3, 0.4) is 0 Å². The van der Waals surface area contributed by atoms with Crippen LogP contribution in [0.5, 0.6) is 0 Å². The van der Waals surface area contributed by atoms with E-state index in [9.17, 15) is 0 Å². The molecule has 0 amide bonds. The minimum Gasteiger partial charge on any atom is -0.371 e. The molecule has 0 unspecified atom stereocenters. The molecule has 1 aliphatic rings. The fourth-order valence-corrected chi connectivity index (χ4v) is 3.84. The van der Waals surface area contributed by atoms with Crippen LogP contribution in [0.15, 0.2) is 54.7 Å². The highest BCUT2D eigenvalue weighted by atomic mass is 15.1. The zero-order chi connectivity index (χ0) is 17.8. The van der Waals surface area contributed by atoms with E-state index in [1.165, 1.54) is 53.3 Å². The van der Waals surface area contributed by atoms with Crippen molar-refractivity contribution < 1.29 is 0 Å². The molecule has 0 saturated carbocycles. The average Bonchev–Trinajstić information content (AvgIpc) is 2.97. The number of fused-ring (bicyclic) bond motifs is 1. The van der Waals surface area contributed by atoms with Crippen molar-refractivity contribution >= 4 is 28.6 Å². The lowest BCUT2D eigenvalue weighted by atomic mass is 10.0. The van der Waals surface area contributed by atoms with Crippen LogP contribution in [0.4, 0.5) is 5.69 Å². The Bertz CT molecular complexity index is 913. The molecule has 1 saturated heterocycles. The molecular formula is C24H26N2. The maximum atomic E-state index is 4.64. The fourth-order valence-electron chi connectivity index (χ4n) is 3.84. The van der Waals surface area contributed by atoms with Gasteiger partial charge in [-0.05, 0) is 53.8 Å². The highest BCUT2D eigenvalue weighted by Crippen LogP contribution is 2.25. The molecule has 0 radical (unpaired) electrons. The van der Waals surface area contributed by atoms with Crippen LogP contribution in [0.1, 0.15) is 42.5 Å². The molecule has 3 aromatic rings. The van der Waals surface area contributed by atoms with Crippen molar-refractivity contribution in [3.63, 3.8) is 0 Å². The largest absolute Gasteiger partial charge is 0.371 e. The van der Waals surface area contributed by atoms with Crippen molar-refractivity contribution in [2.75, 3.05) is 18.0 Å². The highest BCUT2D eigenvalue weighted by Gasteiger charge is 2.12. The smallest absolute Gasteiger partial charge is 0.0650 e. The summed E-state index contributed by atoms with van der Waals surface area (Å²) < 4.78 is 0. The molecule has 0 spiro atoms. The first-order valence-electron chi connectivity index (χ1n) is 9.69. The predicted octanol–water partition coefficient (Wildman–Crippen LogP) is 6.09. The Labute approximate surface area is 156 Å². The van der Waals surface area contributed by atoms with Crippen molar-refractivity contribution in [2.45, 2.75) is 32.6 Å². The average molecular weight is 342 g/mol. The molecule has 0 bridgehead atoms. The van der Waals surface area contributed by atoms with Crippen molar-refractivity contribution in [1.82, 2.24) is 4.98 Å². The molecule has 132 valence electrons. The second kappa shape index (κ2) is 7.74. The molecule has 1 fully saturated rings. The van der Waals surface area contributed by atoms with E-state index in [1.54, 1.807) is 0 Å². The summed E-state index contributed by atoms with van der Waals surface area (Å²) in [6, 6.07) is 17.2. The zero-order valence-electron chi connectivity index (χ0n) is 15.5. The lowest BCUT2D eigenvalue weighted by Gasteiger charge is -2.24. The number of aryl methyl sites for hydroxylation is 1. The quantitative estimate of drug-likeness (QED) is 0.572. The van der Waals surface area contributed by atoms with Gasteiger partial charge in [-0.3, -0.25) is 4.98 Å². The summed E-state index contributed by atoms with van der Waals surface area (Å²) >= 11 is 0. The number of hydrogen-bond donors (Lipinski definition) is 0. The SMILES string of the molecule is Cc1cnc(C=Cc2cccc3ccccc23)cc1N1CCCCCC1. The summed E-state index contributed by atoms with van der Waals surface area (Å²) in [6.45, 7) is 4.50. The third-order valence-electron chi connectivity index (χ3n) is 5.30. The minimum absolute atomic E-state index is 1.03. The highest BCUT2D eigenvalue weighted by molar-refractivity contribution is 5.92. The van der Waals surface area contributed by atoms with Crippen LogP contribution in [-0.2, 0) is 0 Å². The Morgan fingerprint density at radius 3 is 2.50 bits per heavy atom. The number of pyridine rings is 1. The molecule has 0 aliphatic carbocycles. The molecule has 2 heteroatoms. The van der Waals surface area contributed by atoms with Crippen LogP contribution in [0.25, 0.3) is 22.9 Å². The van der Waals surface area contributed by atoms with Crippen LogP contribution < -0.4 is 4.90 Å². The molecule has 1 aliphatic heterocycles. The molecule has 1 aromatic heterocycles. The molecular weight excluding hydrogens is 316 g/mol. The standard InChI is InChI=1S/C24H26N2/c1-19-18-25-22(17-24(19)26-15-6-2-3-7-16-26)14-13-21-11-8-10-20-9-4-5-12-23(20)21/h4-5,8-14,17-18H,2-3,6-7,15-16H2,1H3. The third-order valence-corrected chi connectivity index (χ3v) is 5.30. The summed E-state index contributed by atoms with van der Waals surface area (Å²) in [6.07, 6.45) is 11.6. The van der Waals surface area contributed by atoms with Gasteiger partial charge in [-0.15, -0.1) is 0 Å². The molecule has 26 heavy (non-hydrogen) atoms. The topological polar surface area (TPSA) is 16.1 Å². The van der Waals surface area contributed by atoms with Crippen LogP contribution in [0, 0.1) is 6.92 Å². The molecule has 0 atom stereocenters. The van der Waals surface area contributed by atoms with Gasteiger partial charge in [0.25, 0.3) is 0 Å². The Hall–Kier alpha value is -2.61. The van der Waals surface area contributed by atoms with E-state index in [0.717, 1.165) is 18.8 Å². The summed E-state index contributed by atoms with van der Waals surface area (Å²) in [4.78, 5) is 7.18. The molecule has 2 heterocycles. The number of benzene rings is 2. The van der Waals surface area contributed by atoms with Crippen LogP contribution in [0.2, 0.25) is 0 Å². The summed E-state index contributed by atoms with van der Waals surface area (Å²) in [5.74, 6) is 0. The molecule has 2 nitrogen and oxygen atoms in total.